The number of benzene rings is 2. The van der Waals surface area contributed by atoms with Crippen molar-refractivity contribution in [2.24, 2.45) is 0 Å². The van der Waals surface area contributed by atoms with Crippen LogP contribution in [0.2, 0.25) is 0 Å². The van der Waals surface area contributed by atoms with Crippen LogP contribution in [0.3, 0.4) is 0 Å². The standard InChI is InChI=1S/C17H14F3NOS2/c1-23-14-7-5-11(6-8-14)16-21(15(22)10-24-16)13-4-2-3-12(9-13)17(18,19)20/h2-9,16H,10H2,1H3/t16-/m1/s1. The van der Waals surface area contributed by atoms with Gasteiger partial charge in [0.25, 0.3) is 0 Å². The molecule has 2 nitrogen and oxygen atoms in total. The molecule has 2 aromatic rings. The van der Waals surface area contributed by atoms with E-state index >= 15 is 0 Å². The molecule has 0 spiro atoms. The lowest BCUT2D eigenvalue weighted by Crippen LogP contribution is -2.28. The molecule has 0 saturated carbocycles. The highest BCUT2D eigenvalue weighted by Gasteiger charge is 2.36. The Labute approximate surface area is 146 Å². The Morgan fingerprint density at radius 2 is 1.88 bits per heavy atom. The molecule has 1 heterocycles. The van der Waals surface area contributed by atoms with Crippen LogP contribution in [0.1, 0.15) is 16.5 Å². The quantitative estimate of drug-likeness (QED) is 0.693. The number of carbonyl (C=O) groups excluding carboxylic acids is 1. The summed E-state index contributed by atoms with van der Waals surface area (Å²) in [6.07, 6.45) is -2.46. The van der Waals surface area contributed by atoms with Crippen molar-refractivity contribution in [2.75, 3.05) is 16.9 Å². The van der Waals surface area contributed by atoms with Gasteiger partial charge in [-0.15, -0.1) is 23.5 Å². The zero-order chi connectivity index (χ0) is 17.3. The molecule has 0 radical (unpaired) electrons. The molecule has 2 aromatic carbocycles. The smallest absolute Gasteiger partial charge is 0.295 e. The van der Waals surface area contributed by atoms with Gasteiger partial charge in [-0.3, -0.25) is 9.69 Å². The summed E-state index contributed by atoms with van der Waals surface area (Å²) in [5, 5.41) is -0.308. The third kappa shape index (κ3) is 3.42. The molecule has 0 bridgehead atoms. The minimum absolute atomic E-state index is 0.182. The van der Waals surface area contributed by atoms with Crippen molar-refractivity contribution in [3.63, 3.8) is 0 Å². The van der Waals surface area contributed by atoms with Gasteiger partial charge in [-0.2, -0.15) is 13.2 Å². The summed E-state index contributed by atoms with van der Waals surface area (Å²) in [6.45, 7) is 0. The fraction of sp³-hybridized carbons (Fsp3) is 0.235. The van der Waals surface area contributed by atoms with E-state index in [-0.39, 0.29) is 22.7 Å². The van der Waals surface area contributed by atoms with E-state index in [1.54, 1.807) is 17.8 Å². The predicted molar refractivity (Wildman–Crippen MR) is 92.4 cm³/mol. The number of anilines is 1. The fourth-order valence-electron chi connectivity index (χ4n) is 2.55. The predicted octanol–water partition coefficient (Wildman–Crippen LogP) is 5.21. The van der Waals surface area contributed by atoms with Crippen LogP contribution in [0, 0.1) is 0 Å². The second kappa shape index (κ2) is 6.72. The monoisotopic (exact) mass is 369 g/mol. The second-order valence-corrected chi connectivity index (χ2v) is 7.20. The van der Waals surface area contributed by atoms with Crippen LogP contribution >= 0.6 is 23.5 Å². The Hall–Kier alpha value is -1.60. The lowest BCUT2D eigenvalue weighted by molar-refractivity contribution is -0.137. The first-order chi connectivity index (χ1) is 11.4. The lowest BCUT2D eigenvalue weighted by atomic mass is 10.1. The van der Waals surface area contributed by atoms with Crippen molar-refractivity contribution in [3.8, 4) is 0 Å². The Morgan fingerprint density at radius 1 is 1.17 bits per heavy atom. The van der Waals surface area contributed by atoms with E-state index in [1.165, 1.54) is 22.7 Å². The van der Waals surface area contributed by atoms with Gasteiger partial charge >= 0.3 is 6.18 Å². The van der Waals surface area contributed by atoms with Crippen LogP contribution in [0.25, 0.3) is 0 Å². The molecule has 1 aliphatic rings. The zero-order valence-corrected chi connectivity index (χ0v) is 14.3. The Balaban J connectivity index is 1.96. The van der Waals surface area contributed by atoms with Gasteiger partial charge in [-0.05, 0) is 42.2 Å². The van der Waals surface area contributed by atoms with E-state index in [0.29, 0.717) is 0 Å². The molecule has 0 aromatic heterocycles. The highest BCUT2D eigenvalue weighted by Crippen LogP contribution is 2.43. The molecule has 1 saturated heterocycles. The number of carbonyl (C=O) groups is 1. The van der Waals surface area contributed by atoms with Gasteiger partial charge in [0, 0.05) is 10.6 Å². The van der Waals surface area contributed by atoms with Gasteiger partial charge in [-0.25, -0.2) is 0 Å². The first kappa shape index (κ1) is 17.2. The maximum absolute atomic E-state index is 12.9. The molecule has 126 valence electrons. The number of alkyl halides is 3. The zero-order valence-electron chi connectivity index (χ0n) is 12.7. The summed E-state index contributed by atoms with van der Waals surface area (Å²) in [5.74, 6) is 0.0730. The maximum atomic E-state index is 12.9. The van der Waals surface area contributed by atoms with Gasteiger partial charge in [0.15, 0.2) is 0 Å². The van der Waals surface area contributed by atoms with Crippen molar-refractivity contribution >= 4 is 35.1 Å². The van der Waals surface area contributed by atoms with Gasteiger partial charge in [-0.1, -0.05) is 18.2 Å². The number of hydrogen-bond acceptors (Lipinski definition) is 3. The number of hydrogen-bond donors (Lipinski definition) is 0. The molecule has 1 aliphatic heterocycles. The van der Waals surface area contributed by atoms with E-state index in [9.17, 15) is 18.0 Å². The van der Waals surface area contributed by atoms with Crippen molar-refractivity contribution < 1.29 is 18.0 Å². The molecule has 1 amide bonds. The fourth-order valence-corrected chi connectivity index (χ4v) is 4.14. The number of halogens is 3. The van der Waals surface area contributed by atoms with Crippen molar-refractivity contribution in [2.45, 2.75) is 16.4 Å². The van der Waals surface area contributed by atoms with Crippen LogP contribution in [-0.2, 0) is 11.0 Å². The summed E-state index contributed by atoms with van der Waals surface area (Å²) >= 11 is 3.03. The molecular weight excluding hydrogens is 355 g/mol. The van der Waals surface area contributed by atoms with E-state index < -0.39 is 11.7 Å². The number of thioether (sulfide) groups is 2. The normalized spacial score (nSPS) is 18.2. The highest BCUT2D eigenvalue weighted by atomic mass is 32.2. The van der Waals surface area contributed by atoms with Crippen molar-refractivity contribution in [3.05, 3.63) is 59.7 Å². The first-order valence-electron chi connectivity index (χ1n) is 7.15. The Bertz CT molecular complexity index is 746. The maximum Gasteiger partial charge on any atom is 0.416 e. The molecule has 24 heavy (non-hydrogen) atoms. The van der Waals surface area contributed by atoms with Crippen LogP contribution in [0.5, 0.6) is 0 Å². The van der Waals surface area contributed by atoms with Crippen LogP contribution in [-0.4, -0.2) is 17.9 Å². The van der Waals surface area contributed by atoms with Gasteiger partial charge < -0.3 is 0 Å². The number of rotatable bonds is 3. The summed E-state index contributed by atoms with van der Waals surface area (Å²) in [7, 11) is 0. The van der Waals surface area contributed by atoms with Crippen molar-refractivity contribution in [1.82, 2.24) is 0 Å². The van der Waals surface area contributed by atoms with E-state index in [0.717, 1.165) is 22.6 Å². The van der Waals surface area contributed by atoms with Crippen LogP contribution in [0.15, 0.2) is 53.4 Å². The largest absolute Gasteiger partial charge is 0.416 e. The van der Waals surface area contributed by atoms with Crippen molar-refractivity contribution in [1.29, 1.82) is 0 Å². The average molecular weight is 369 g/mol. The van der Waals surface area contributed by atoms with Crippen LogP contribution < -0.4 is 4.90 Å². The van der Waals surface area contributed by atoms with E-state index in [4.69, 9.17) is 0 Å². The van der Waals surface area contributed by atoms with Gasteiger partial charge in [0.2, 0.25) is 5.91 Å². The average Bonchev–Trinajstić information content (AvgIpc) is 2.96. The number of nitrogens with zero attached hydrogens (tertiary/aromatic N) is 1. The number of amides is 1. The minimum Gasteiger partial charge on any atom is -0.295 e. The van der Waals surface area contributed by atoms with E-state index in [2.05, 4.69) is 0 Å². The molecule has 0 N–H and O–H groups in total. The molecule has 0 aliphatic carbocycles. The molecule has 1 atom stereocenters. The lowest BCUT2D eigenvalue weighted by Gasteiger charge is -2.25. The van der Waals surface area contributed by atoms with Crippen LogP contribution in [0.4, 0.5) is 18.9 Å². The van der Waals surface area contributed by atoms with E-state index in [1.807, 2.05) is 30.5 Å². The Morgan fingerprint density at radius 3 is 2.50 bits per heavy atom. The highest BCUT2D eigenvalue weighted by molar-refractivity contribution is 8.00. The molecular formula is C17H14F3NOS2. The molecule has 7 heteroatoms. The third-order valence-electron chi connectivity index (χ3n) is 3.72. The first-order valence-corrected chi connectivity index (χ1v) is 9.42. The Kier molecular flexibility index (Phi) is 4.83. The summed E-state index contributed by atoms with van der Waals surface area (Å²) in [4.78, 5) is 14.8. The topological polar surface area (TPSA) is 20.3 Å². The summed E-state index contributed by atoms with van der Waals surface area (Å²) in [5.41, 5.74) is 0.431. The summed E-state index contributed by atoms with van der Waals surface area (Å²) < 4.78 is 38.8. The van der Waals surface area contributed by atoms with Gasteiger partial charge in [0.05, 0.1) is 11.3 Å². The summed E-state index contributed by atoms with van der Waals surface area (Å²) in [6, 6.07) is 12.7. The molecule has 3 rings (SSSR count). The second-order valence-electron chi connectivity index (χ2n) is 5.25. The SMILES string of the molecule is CSc1ccc([C@H]2SCC(=O)N2c2cccc(C(F)(F)F)c2)cc1. The molecule has 1 fully saturated rings. The minimum atomic E-state index is -4.43. The molecule has 0 unspecified atom stereocenters. The van der Waals surface area contributed by atoms with Gasteiger partial charge in [0.1, 0.15) is 5.37 Å². The third-order valence-corrected chi connectivity index (χ3v) is 5.68.